The Bertz CT molecular complexity index is 1130. The summed E-state index contributed by atoms with van der Waals surface area (Å²) in [5.41, 5.74) is 3.56. The summed E-state index contributed by atoms with van der Waals surface area (Å²) < 4.78 is 6.63. The van der Waals surface area contributed by atoms with E-state index in [2.05, 4.69) is 20.8 Å². The molecule has 30 heavy (non-hydrogen) atoms. The van der Waals surface area contributed by atoms with Crippen molar-refractivity contribution in [2.24, 2.45) is 0 Å². The van der Waals surface area contributed by atoms with Gasteiger partial charge in [0.1, 0.15) is 9.57 Å². The highest BCUT2D eigenvalue weighted by Crippen LogP contribution is 2.53. The number of fused-ring (bicyclic) bond motifs is 3. The molecule has 2 aromatic carbocycles. The first-order valence-corrected chi connectivity index (χ1v) is 12.8. The normalized spacial score (nSPS) is 15.3. The van der Waals surface area contributed by atoms with Crippen molar-refractivity contribution >= 4 is 44.5 Å². The molecule has 156 valence electrons. The minimum atomic E-state index is -0.479. The van der Waals surface area contributed by atoms with Gasteiger partial charge in [-0.1, -0.05) is 70.2 Å². The maximum Gasteiger partial charge on any atom is 0.235 e. The van der Waals surface area contributed by atoms with Crippen molar-refractivity contribution in [3.05, 3.63) is 62.8 Å². The van der Waals surface area contributed by atoms with Gasteiger partial charge in [-0.25, -0.2) is 0 Å². The third-order valence-electron chi connectivity index (χ3n) is 5.66. The van der Waals surface area contributed by atoms with Crippen LogP contribution < -0.4 is 9.64 Å². The topological polar surface area (TPSA) is 29.5 Å². The second-order valence-corrected chi connectivity index (χ2v) is 10.7. The second-order valence-electron chi connectivity index (χ2n) is 7.87. The van der Waals surface area contributed by atoms with E-state index < -0.39 is 5.54 Å². The van der Waals surface area contributed by atoms with E-state index in [1.54, 1.807) is 20.7 Å². The lowest BCUT2D eigenvalue weighted by Crippen LogP contribution is -2.49. The van der Waals surface area contributed by atoms with Gasteiger partial charge in [0, 0.05) is 11.1 Å². The van der Waals surface area contributed by atoms with E-state index >= 15 is 0 Å². The average Bonchev–Trinajstić information content (AvgIpc) is 3.13. The molecule has 1 aromatic heterocycles. The average molecular weight is 456 g/mol. The highest BCUT2D eigenvalue weighted by molar-refractivity contribution is 7.80. The SMILES string of the molecule is CCOc1ccc2c(c1)-c1c(ssc1=S)C(C)(C)N2C(=O)[C@H](CC)c1ccccc1. The molecule has 0 unspecified atom stereocenters. The molecule has 1 amide bonds. The number of hydrogen-bond donors (Lipinski definition) is 0. The van der Waals surface area contributed by atoms with Gasteiger partial charge in [-0.05, 0) is 51.0 Å². The Morgan fingerprint density at radius 1 is 1.13 bits per heavy atom. The zero-order chi connectivity index (χ0) is 21.5. The third kappa shape index (κ3) is 3.41. The van der Waals surface area contributed by atoms with Gasteiger partial charge < -0.3 is 9.64 Å². The van der Waals surface area contributed by atoms with Gasteiger partial charge in [0.05, 0.1) is 28.6 Å². The molecule has 1 atom stereocenters. The van der Waals surface area contributed by atoms with Crippen LogP contribution in [0.3, 0.4) is 0 Å². The quantitative estimate of drug-likeness (QED) is 0.297. The van der Waals surface area contributed by atoms with E-state index in [1.807, 2.05) is 60.4 Å². The summed E-state index contributed by atoms with van der Waals surface area (Å²) in [5, 5.41) is 0. The lowest BCUT2D eigenvalue weighted by atomic mass is 9.84. The molecule has 6 heteroatoms. The van der Waals surface area contributed by atoms with E-state index in [4.69, 9.17) is 17.0 Å². The molecular formula is C24H25NO2S3. The number of carbonyl (C=O) groups is 1. The Labute approximate surface area is 190 Å². The molecule has 0 saturated heterocycles. The molecule has 0 N–H and O–H groups in total. The van der Waals surface area contributed by atoms with Crippen LogP contribution >= 0.6 is 32.9 Å². The molecule has 0 bridgehead atoms. The summed E-state index contributed by atoms with van der Waals surface area (Å²) >= 11 is 5.70. The van der Waals surface area contributed by atoms with Gasteiger partial charge in [0.2, 0.25) is 5.91 Å². The van der Waals surface area contributed by atoms with Crippen molar-refractivity contribution in [2.75, 3.05) is 11.5 Å². The van der Waals surface area contributed by atoms with E-state index in [-0.39, 0.29) is 11.8 Å². The summed E-state index contributed by atoms with van der Waals surface area (Å²) in [5.74, 6) is 0.724. The molecule has 0 fully saturated rings. The molecular weight excluding hydrogens is 430 g/mol. The van der Waals surface area contributed by atoms with Crippen LogP contribution in [0.5, 0.6) is 5.75 Å². The summed E-state index contributed by atoms with van der Waals surface area (Å²) in [7, 11) is 3.29. The standard InChI is InChI=1S/C24H25NO2S3/c1-5-17(15-10-8-7-9-11-15)22(26)25-19-13-12-16(27-6-2)14-18(19)20-21(24(25,3)4)29-30-23(20)28/h7-14,17H,5-6H2,1-4H3/t17-/m1/s1. The molecule has 0 aliphatic carbocycles. The summed E-state index contributed by atoms with van der Waals surface area (Å²) in [6.07, 6.45) is 0.744. The fourth-order valence-electron chi connectivity index (χ4n) is 4.25. The summed E-state index contributed by atoms with van der Waals surface area (Å²) in [6, 6.07) is 16.1. The summed E-state index contributed by atoms with van der Waals surface area (Å²) in [4.78, 5) is 17.1. The first-order valence-electron chi connectivity index (χ1n) is 10.2. The smallest absolute Gasteiger partial charge is 0.235 e. The predicted octanol–water partition coefficient (Wildman–Crippen LogP) is 7.38. The predicted molar refractivity (Wildman–Crippen MR) is 130 cm³/mol. The van der Waals surface area contributed by atoms with Crippen molar-refractivity contribution in [3.63, 3.8) is 0 Å². The summed E-state index contributed by atoms with van der Waals surface area (Å²) in [6.45, 7) is 8.89. The van der Waals surface area contributed by atoms with Crippen molar-refractivity contribution in [3.8, 4) is 16.9 Å². The van der Waals surface area contributed by atoms with Crippen molar-refractivity contribution in [2.45, 2.75) is 45.6 Å². The minimum absolute atomic E-state index is 0.120. The molecule has 0 radical (unpaired) electrons. The molecule has 1 aliphatic rings. The van der Waals surface area contributed by atoms with Crippen LogP contribution in [0.15, 0.2) is 48.5 Å². The zero-order valence-electron chi connectivity index (χ0n) is 17.6. The highest BCUT2D eigenvalue weighted by atomic mass is 32.9. The van der Waals surface area contributed by atoms with Crippen molar-refractivity contribution in [1.82, 2.24) is 0 Å². The minimum Gasteiger partial charge on any atom is -0.494 e. The van der Waals surface area contributed by atoms with Gasteiger partial charge in [-0.3, -0.25) is 4.79 Å². The maximum atomic E-state index is 14.0. The van der Waals surface area contributed by atoms with Gasteiger partial charge in [0.15, 0.2) is 0 Å². The first kappa shape index (κ1) is 21.2. The molecule has 2 heterocycles. The Balaban J connectivity index is 1.90. The number of rotatable bonds is 5. The Hall–Kier alpha value is -2.02. The number of amides is 1. The van der Waals surface area contributed by atoms with E-state index in [0.717, 1.165) is 43.2 Å². The van der Waals surface area contributed by atoms with Crippen LogP contribution in [-0.2, 0) is 10.3 Å². The molecule has 4 rings (SSSR count). The molecule has 3 aromatic rings. The van der Waals surface area contributed by atoms with E-state index in [1.165, 1.54) is 0 Å². The Morgan fingerprint density at radius 3 is 2.53 bits per heavy atom. The monoisotopic (exact) mass is 455 g/mol. The fourth-order valence-corrected chi connectivity index (χ4v) is 7.53. The second kappa shape index (κ2) is 8.25. The van der Waals surface area contributed by atoms with Crippen LogP contribution in [0.2, 0.25) is 0 Å². The number of nitrogens with zero attached hydrogens (tertiary/aromatic N) is 1. The molecule has 3 nitrogen and oxygen atoms in total. The Kier molecular flexibility index (Phi) is 5.84. The van der Waals surface area contributed by atoms with Crippen LogP contribution in [0, 0.1) is 3.82 Å². The van der Waals surface area contributed by atoms with E-state index in [0.29, 0.717) is 6.61 Å². The number of hydrogen-bond acceptors (Lipinski definition) is 5. The van der Waals surface area contributed by atoms with Gasteiger partial charge >= 0.3 is 0 Å². The lowest BCUT2D eigenvalue weighted by molar-refractivity contribution is -0.121. The van der Waals surface area contributed by atoms with Crippen LogP contribution in [-0.4, -0.2) is 12.5 Å². The van der Waals surface area contributed by atoms with Gasteiger partial charge in [-0.15, -0.1) is 0 Å². The zero-order valence-corrected chi connectivity index (χ0v) is 20.0. The maximum absolute atomic E-state index is 14.0. The van der Waals surface area contributed by atoms with Crippen LogP contribution in [0.25, 0.3) is 11.1 Å². The van der Waals surface area contributed by atoms with Crippen molar-refractivity contribution < 1.29 is 9.53 Å². The fraction of sp³-hybridized carbons (Fsp3) is 0.333. The number of benzene rings is 2. The van der Waals surface area contributed by atoms with Crippen LogP contribution in [0.1, 0.15) is 50.5 Å². The Morgan fingerprint density at radius 2 is 1.87 bits per heavy atom. The molecule has 0 saturated carbocycles. The van der Waals surface area contributed by atoms with Crippen LogP contribution in [0.4, 0.5) is 5.69 Å². The van der Waals surface area contributed by atoms with Gasteiger partial charge in [-0.2, -0.15) is 0 Å². The van der Waals surface area contributed by atoms with Crippen molar-refractivity contribution in [1.29, 1.82) is 0 Å². The largest absolute Gasteiger partial charge is 0.494 e. The van der Waals surface area contributed by atoms with E-state index in [9.17, 15) is 4.79 Å². The van der Waals surface area contributed by atoms with Gasteiger partial charge in [0.25, 0.3) is 0 Å². The first-order chi connectivity index (χ1) is 14.4. The number of ether oxygens (including phenoxy) is 1. The number of anilines is 1. The molecule has 1 aliphatic heterocycles. The molecule has 0 spiro atoms. The lowest BCUT2D eigenvalue weighted by Gasteiger charge is -2.44. The number of carbonyl (C=O) groups excluding carboxylic acids is 1. The highest BCUT2D eigenvalue weighted by Gasteiger charge is 2.44. The third-order valence-corrected chi connectivity index (χ3v) is 8.99.